The van der Waals surface area contributed by atoms with Gasteiger partial charge in [0.2, 0.25) is 0 Å². The van der Waals surface area contributed by atoms with Gasteiger partial charge in [0.15, 0.2) is 5.76 Å². The summed E-state index contributed by atoms with van der Waals surface area (Å²) in [6.45, 7) is 7.09. The summed E-state index contributed by atoms with van der Waals surface area (Å²) in [5, 5.41) is 6.58. The second-order valence-electron chi connectivity index (χ2n) is 10.2. The predicted octanol–water partition coefficient (Wildman–Crippen LogP) is 7.41. The zero-order valence-corrected chi connectivity index (χ0v) is 21.7. The topological polar surface area (TPSA) is 72.0 Å². The number of para-hydroxylation sites is 1. The van der Waals surface area contributed by atoms with Crippen LogP contribution in [0.25, 0.3) is 22.2 Å². The molecular weight excluding hydrogens is 493 g/mol. The molecule has 0 radical (unpaired) electrons. The van der Waals surface area contributed by atoms with Crippen LogP contribution in [0.15, 0.2) is 70.4 Å². The lowest BCUT2D eigenvalue weighted by Gasteiger charge is -2.21. The number of aromatic nitrogens is 4. The van der Waals surface area contributed by atoms with Crippen LogP contribution in [0.4, 0.5) is 0 Å². The minimum absolute atomic E-state index is 0.0689. The van der Waals surface area contributed by atoms with E-state index >= 15 is 0 Å². The van der Waals surface area contributed by atoms with Crippen molar-refractivity contribution in [2.75, 3.05) is 0 Å². The van der Waals surface area contributed by atoms with Crippen LogP contribution in [-0.2, 0) is 18.4 Å². The molecule has 1 N–H and O–H groups in total. The molecule has 1 atom stereocenters. The fourth-order valence-electron chi connectivity index (χ4n) is 4.65. The number of aromatic amines is 1. The maximum atomic E-state index is 6.41. The van der Waals surface area contributed by atoms with Crippen LogP contribution in [0.5, 0.6) is 0 Å². The molecule has 0 bridgehead atoms. The molecule has 0 amide bonds. The van der Waals surface area contributed by atoms with Gasteiger partial charge in [0.1, 0.15) is 23.3 Å². The Bertz CT molecular complexity index is 1620. The maximum Gasteiger partial charge on any atom is 0.183 e. The zero-order valence-electron chi connectivity index (χ0n) is 20.2. The molecular formula is C28H25Cl2N5O. The van der Waals surface area contributed by atoms with Crippen LogP contribution in [0, 0.1) is 0 Å². The second kappa shape index (κ2) is 8.64. The van der Waals surface area contributed by atoms with Gasteiger partial charge in [-0.3, -0.25) is 4.99 Å². The van der Waals surface area contributed by atoms with Gasteiger partial charge in [-0.1, -0.05) is 67.3 Å². The van der Waals surface area contributed by atoms with E-state index in [-0.39, 0.29) is 11.5 Å². The van der Waals surface area contributed by atoms with Gasteiger partial charge in [0.25, 0.3) is 0 Å². The van der Waals surface area contributed by atoms with Gasteiger partial charge < -0.3 is 14.1 Å². The van der Waals surface area contributed by atoms with Crippen LogP contribution in [0.1, 0.15) is 49.7 Å². The van der Waals surface area contributed by atoms with E-state index < -0.39 is 0 Å². The highest BCUT2D eigenvalue weighted by Crippen LogP contribution is 2.34. The normalized spacial score (nSPS) is 15.8. The highest BCUT2D eigenvalue weighted by molar-refractivity contribution is 6.36. The highest BCUT2D eigenvalue weighted by Gasteiger charge is 2.30. The number of aliphatic imine (C=N–C) groups is 1. The van der Waals surface area contributed by atoms with Crippen molar-refractivity contribution < 1.29 is 4.52 Å². The molecule has 0 saturated carbocycles. The van der Waals surface area contributed by atoms with E-state index in [2.05, 4.69) is 66.1 Å². The third-order valence-corrected chi connectivity index (χ3v) is 7.14. The molecule has 1 aliphatic rings. The van der Waals surface area contributed by atoms with Gasteiger partial charge in [-0.25, -0.2) is 4.98 Å². The molecule has 6 nitrogen and oxygen atoms in total. The first-order valence-corrected chi connectivity index (χ1v) is 12.6. The molecule has 5 aromatic rings. The third-order valence-electron chi connectivity index (χ3n) is 6.60. The number of hydrogen-bond donors (Lipinski definition) is 1. The Kier molecular flexibility index (Phi) is 5.54. The fourth-order valence-corrected chi connectivity index (χ4v) is 5.16. The second-order valence-corrected chi connectivity index (χ2v) is 11.1. The molecule has 0 fully saturated rings. The van der Waals surface area contributed by atoms with Crippen molar-refractivity contribution in [2.45, 2.75) is 45.2 Å². The lowest BCUT2D eigenvalue weighted by atomic mass is 9.93. The lowest BCUT2D eigenvalue weighted by molar-refractivity contribution is 0.412. The number of hydrogen-bond acceptors (Lipinski definition) is 4. The quantitative estimate of drug-likeness (QED) is 0.269. The minimum Gasteiger partial charge on any atom is -0.361 e. The number of rotatable bonds is 4. The first-order chi connectivity index (χ1) is 17.3. The first kappa shape index (κ1) is 23.1. The molecule has 4 heterocycles. The maximum absolute atomic E-state index is 6.41. The molecule has 6 rings (SSSR count). The molecule has 2 aromatic carbocycles. The highest BCUT2D eigenvalue weighted by atomic mass is 35.5. The lowest BCUT2D eigenvalue weighted by Crippen LogP contribution is -2.22. The van der Waals surface area contributed by atoms with Crippen LogP contribution < -0.4 is 0 Å². The average Bonchev–Trinajstić information content (AvgIpc) is 3.57. The molecule has 8 heteroatoms. The van der Waals surface area contributed by atoms with Crippen molar-refractivity contribution in [1.29, 1.82) is 0 Å². The third kappa shape index (κ3) is 4.14. The number of imidazole rings is 1. The molecule has 3 aromatic heterocycles. The average molecular weight is 518 g/mol. The summed E-state index contributed by atoms with van der Waals surface area (Å²) in [5.41, 5.74) is 5.54. The van der Waals surface area contributed by atoms with Crippen molar-refractivity contribution in [3.63, 3.8) is 0 Å². The van der Waals surface area contributed by atoms with Gasteiger partial charge in [-0.15, -0.1) is 0 Å². The summed E-state index contributed by atoms with van der Waals surface area (Å²) in [5.74, 6) is 1.59. The van der Waals surface area contributed by atoms with Crippen LogP contribution in [-0.4, -0.2) is 25.4 Å². The number of nitrogens with zero attached hydrogens (tertiary/aromatic N) is 4. The minimum atomic E-state index is -0.156. The van der Waals surface area contributed by atoms with Gasteiger partial charge in [0.05, 0.1) is 17.3 Å². The molecule has 0 saturated heterocycles. The summed E-state index contributed by atoms with van der Waals surface area (Å²) in [6.07, 6.45) is 4.93. The number of halogens is 2. The van der Waals surface area contributed by atoms with Crippen LogP contribution in [0.2, 0.25) is 10.0 Å². The summed E-state index contributed by atoms with van der Waals surface area (Å²) in [4.78, 5) is 13.6. The summed E-state index contributed by atoms with van der Waals surface area (Å²) in [6, 6.07) is 15.4. The zero-order chi connectivity index (χ0) is 25.0. The van der Waals surface area contributed by atoms with E-state index in [1.807, 2.05) is 18.2 Å². The SMILES string of the molecule is CC(C)(C)c1cn2c(n1)C(Cc1c[nH]c3ccccc13)N=C(c1cc(-c3ccc(Cl)cc3Cl)no1)C2. The van der Waals surface area contributed by atoms with E-state index in [1.54, 1.807) is 12.1 Å². The van der Waals surface area contributed by atoms with Gasteiger partial charge in [-0.05, 0) is 29.8 Å². The summed E-state index contributed by atoms with van der Waals surface area (Å²) >= 11 is 12.5. The number of nitrogens with one attached hydrogen (secondary N) is 1. The Balaban J connectivity index is 1.40. The van der Waals surface area contributed by atoms with E-state index in [1.165, 1.54) is 10.9 Å². The molecule has 0 spiro atoms. The molecule has 1 aliphatic heterocycles. The van der Waals surface area contributed by atoms with Crippen LogP contribution >= 0.6 is 23.2 Å². The van der Waals surface area contributed by atoms with E-state index in [4.69, 9.17) is 37.7 Å². The van der Waals surface area contributed by atoms with Crippen molar-refractivity contribution >= 4 is 39.8 Å². The Labute approximate surface area is 219 Å². The molecule has 36 heavy (non-hydrogen) atoms. The number of benzene rings is 2. The molecule has 0 aliphatic carbocycles. The van der Waals surface area contributed by atoms with Crippen molar-refractivity contribution in [1.82, 2.24) is 19.7 Å². The van der Waals surface area contributed by atoms with Crippen molar-refractivity contribution in [2.24, 2.45) is 4.99 Å². The summed E-state index contributed by atoms with van der Waals surface area (Å²) < 4.78 is 7.97. The number of fused-ring (bicyclic) bond motifs is 2. The Morgan fingerprint density at radius 2 is 1.94 bits per heavy atom. The van der Waals surface area contributed by atoms with Crippen molar-refractivity contribution in [3.05, 3.63) is 93.8 Å². The Morgan fingerprint density at radius 1 is 1.11 bits per heavy atom. The van der Waals surface area contributed by atoms with E-state index in [9.17, 15) is 0 Å². The standard InChI is InChI=1S/C28H25Cl2N5O/c1-28(2,3)26-15-35-14-24(25-12-22(34-36-25)19-9-8-17(29)11-20(19)30)32-23(27(35)33-26)10-16-13-31-21-7-5-4-6-18(16)21/h4-9,11-13,15,23,31H,10,14H2,1-3H3. The largest absolute Gasteiger partial charge is 0.361 e. The first-order valence-electron chi connectivity index (χ1n) is 11.9. The molecule has 182 valence electrons. The monoisotopic (exact) mass is 517 g/mol. The predicted molar refractivity (Wildman–Crippen MR) is 144 cm³/mol. The fraction of sp³-hybridized carbons (Fsp3) is 0.250. The van der Waals surface area contributed by atoms with Crippen LogP contribution in [0.3, 0.4) is 0 Å². The van der Waals surface area contributed by atoms with Gasteiger partial charge in [-0.2, -0.15) is 0 Å². The summed E-state index contributed by atoms with van der Waals surface area (Å²) in [7, 11) is 0. The smallest absolute Gasteiger partial charge is 0.183 e. The van der Waals surface area contributed by atoms with Gasteiger partial charge in [0, 0.05) is 51.8 Å². The Hall–Kier alpha value is -3.35. The van der Waals surface area contributed by atoms with E-state index in [0.717, 1.165) is 34.7 Å². The van der Waals surface area contributed by atoms with Crippen molar-refractivity contribution in [3.8, 4) is 11.3 Å². The molecule has 1 unspecified atom stereocenters. The van der Waals surface area contributed by atoms with E-state index in [0.29, 0.717) is 28.0 Å². The Morgan fingerprint density at radius 3 is 2.75 bits per heavy atom. The van der Waals surface area contributed by atoms with Gasteiger partial charge >= 0.3 is 0 Å². The number of H-pyrrole nitrogens is 1.